The molecule has 1 aliphatic rings. The second-order valence-corrected chi connectivity index (χ2v) is 6.03. The van der Waals surface area contributed by atoms with Gasteiger partial charge in [-0.3, -0.25) is 5.10 Å². The molecule has 0 aromatic carbocycles. The molecule has 0 unspecified atom stereocenters. The summed E-state index contributed by atoms with van der Waals surface area (Å²) in [4.78, 5) is 1.19. The van der Waals surface area contributed by atoms with Gasteiger partial charge in [-0.15, -0.1) is 11.3 Å². The largest absolute Gasteiger partial charge is 0.389 e. The Morgan fingerprint density at radius 2 is 2.35 bits per heavy atom. The van der Waals surface area contributed by atoms with Gasteiger partial charge in [-0.1, -0.05) is 13.8 Å². The zero-order chi connectivity index (χ0) is 12.2. The van der Waals surface area contributed by atoms with Gasteiger partial charge in [-0.05, 0) is 6.42 Å². The molecule has 0 amide bonds. The summed E-state index contributed by atoms with van der Waals surface area (Å²) in [5.41, 5.74) is 9.65. The lowest BCUT2D eigenvalue weighted by atomic mass is 9.77. The predicted octanol–water partition coefficient (Wildman–Crippen LogP) is 2.43. The zero-order valence-electron chi connectivity index (χ0n) is 9.66. The van der Waals surface area contributed by atoms with Crippen molar-refractivity contribution >= 4 is 16.3 Å². The summed E-state index contributed by atoms with van der Waals surface area (Å²) in [6.45, 7) is 4.35. The van der Waals surface area contributed by atoms with Crippen LogP contribution < -0.4 is 5.73 Å². The van der Waals surface area contributed by atoms with E-state index in [1.807, 2.05) is 0 Å². The fourth-order valence-corrected chi connectivity index (χ4v) is 3.61. The molecule has 2 aromatic rings. The Balaban J connectivity index is 2.41. The summed E-state index contributed by atoms with van der Waals surface area (Å²) in [7, 11) is 0. The Morgan fingerprint density at radius 1 is 1.59 bits per heavy atom. The van der Waals surface area contributed by atoms with Crippen LogP contribution in [0.1, 0.15) is 30.0 Å². The minimum absolute atomic E-state index is 0.00273. The van der Waals surface area contributed by atoms with Crippen LogP contribution in [0.25, 0.3) is 11.1 Å². The van der Waals surface area contributed by atoms with Gasteiger partial charge in [0, 0.05) is 27.1 Å². The first-order valence-electron chi connectivity index (χ1n) is 5.40. The predicted molar refractivity (Wildman–Crippen MR) is 67.8 cm³/mol. The first-order valence-corrected chi connectivity index (χ1v) is 6.21. The maximum Gasteiger partial charge on any atom is 0.105 e. The molecule has 4 nitrogen and oxygen atoms in total. The van der Waals surface area contributed by atoms with Crippen LogP contribution in [0.4, 0.5) is 5.00 Å². The summed E-state index contributed by atoms with van der Waals surface area (Å²) in [6, 6.07) is 2.22. The lowest BCUT2D eigenvalue weighted by Gasteiger charge is -2.29. The van der Waals surface area contributed by atoms with E-state index in [0.29, 0.717) is 10.6 Å². The first kappa shape index (κ1) is 10.4. The Kier molecular flexibility index (Phi) is 1.90. The summed E-state index contributed by atoms with van der Waals surface area (Å²) in [5.74, 6) is 0. The van der Waals surface area contributed by atoms with Crippen molar-refractivity contribution in [3.63, 3.8) is 0 Å². The van der Waals surface area contributed by atoms with E-state index in [4.69, 9.17) is 5.73 Å². The van der Waals surface area contributed by atoms with Crippen molar-refractivity contribution in [3.8, 4) is 17.2 Å². The number of thiophene rings is 1. The summed E-state index contributed by atoms with van der Waals surface area (Å²) in [6.07, 6.45) is 2.69. The van der Waals surface area contributed by atoms with Crippen LogP contribution in [0.15, 0.2) is 6.20 Å². The smallest absolute Gasteiger partial charge is 0.105 e. The Labute approximate surface area is 103 Å². The molecule has 3 N–H and O–H groups in total. The van der Waals surface area contributed by atoms with Gasteiger partial charge in [-0.25, -0.2) is 0 Å². The van der Waals surface area contributed by atoms with Crippen molar-refractivity contribution in [1.29, 1.82) is 5.26 Å². The van der Waals surface area contributed by atoms with Gasteiger partial charge in [0.1, 0.15) is 11.1 Å². The van der Waals surface area contributed by atoms with Crippen molar-refractivity contribution in [1.82, 2.24) is 10.2 Å². The van der Waals surface area contributed by atoms with Gasteiger partial charge in [0.2, 0.25) is 0 Å². The van der Waals surface area contributed by atoms with Gasteiger partial charge >= 0.3 is 0 Å². The third-order valence-corrected chi connectivity index (χ3v) is 4.65. The number of H-pyrrole nitrogens is 1. The number of aromatic amines is 1. The van der Waals surface area contributed by atoms with Crippen molar-refractivity contribution in [3.05, 3.63) is 22.3 Å². The van der Waals surface area contributed by atoms with Crippen molar-refractivity contribution < 1.29 is 0 Å². The van der Waals surface area contributed by atoms with Gasteiger partial charge in [-0.2, -0.15) is 10.4 Å². The maximum atomic E-state index is 9.24. The number of hydrogen-bond donors (Lipinski definition) is 2. The van der Waals surface area contributed by atoms with Crippen LogP contribution in [-0.4, -0.2) is 10.2 Å². The van der Waals surface area contributed by atoms with E-state index in [2.05, 4.69) is 30.1 Å². The number of rotatable bonds is 0. The van der Waals surface area contributed by atoms with Crippen molar-refractivity contribution in [2.75, 3.05) is 5.73 Å². The standard InChI is InChI=1S/C12H12N4S/c1-12(2)3-8-7(5-15-16-8)9-6(4-13)11(14)17-10(9)12/h5H,3,14H2,1-2H3,(H,15,16). The highest BCUT2D eigenvalue weighted by atomic mass is 32.1. The molecule has 0 bridgehead atoms. The lowest BCUT2D eigenvalue weighted by molar-refractivity contribution is 0.520. The van der Waals surface area contributed by atoms with Crippen LogP contribution in [0, 0.1) is 11.3 Å². The third-order valence-electron chi connectivity index (χ3n) is 3.27. The lowest BCUT2D eigenvalue weighted by Crippen LogP contribution is -2.23. The van der Waals surface area contributed by atoms with Gasteiger partial charge in [0.25, 0.3) is 0 Å². The minimum atomic E-state index is 0.00273. The van der Waals surface area contributed by atoms with Crippen LogP contribution in [0.3, 0.4) is 0 Å². The molecular weight excluding hydrogens is 232 g/mol. The molecular formula is C12H12N4S. The fraction of sp³-hybridized carbons (Fsp3) is 0.333. The SMILES string of the molecule is CC1(C)Cc2[nH]ncc2-c2c1sc(N)c2C#N. The normalized spacial score (nSPS) is 16.1. The summed E-state index contributed by atoms with van der Waals surface area (Å²) < 4.78 is 0. The van der Waals surface area contributed by atoms with Crippen LogP contribution in [0.5, 0.6) is 0 Å². The van der Waals surface area contributed by atoms with Crippen LogP contribution in [0.2, 0.25) is 0 Å². The number of anilines is 1. The van der Waals surface area contributed by atoms with E-state index in [9.17, 15) is 5.26 Å². The van der Waals surface area contributed by atoms with E-state index in [1.165, 1.54) is 16.2 Å². The second-order valence-electron chi connectivity index (χ2n) is 4.98. The number of nitrogens with two attached hydrogens (primary N) is 1. The maximum absolute atomic E-state index is 9.24. The third kappa shape index (κ3) is 1.25. The quantitative estimate of drug-likeness (QED) is 0.747. The van der Waals surface area contributed by atoms with Crippen LogP contribution >= 0.6 is 11.3 Å². The number of nitrogens with zero attached hydrogens (tertiary/aromatic N) is 2. The molecule has 17 heavy (non-hydrogen) atoms. The van der Waals surface area contributed by atoms with Gasteiger partial charge in [0.05, 0.1) is 11.8 Å². The molecule has 0 spiro atoms. The number of nitriles is 1. The monoisotopic (exact) mass is 244 g/mol. The molecule has 5 heteroatoms. The molecule has 0 saturated carbocycles. The van der Waals surface area contributed by atoms with Crippen molar-refractivity contribution in [2.24, 2.45) is 0 Å². The zero-order valence-corrected chi connectivity index (χ0v) is 10.5. The van der Waals surface area contributed by atoms with Gasteiger partial charge in [0.15, 0.2) is 0 Å². The highest BCUT2D eigenvalue weighted by Gasteiger charge is 2.36. The Morgan fingerprint density at radius 3 is 3.06 bits per heavy atom. The highest BCUT2D eigenvalue weighted by Crippen LogP contribution is 2.49. The topological polar surface area (TPSA) is 78.5 Å². The minimum Gasteiger partial charge on any atom is -0.389 e. The van der Waals surface area contributed by atoms with Crippen LogP contribution in [-0.2, 0) is 11.8 Å². The van der Waals surface area contributed by atoms with E-state index < -0.39 is 0 Å². The van der Waals surface area contributed by atoms with Gasteiger partial charge < -0.3 is 5.73 Å². The second kappa shape index (κ2) is 3.11. The number of aromatic nitrogens is 2. The molecule has 0 aliphatic heterocycles. The van der Waals surface area contributed by atoms with Crippen molar-refractivity contribution in [2.45, 2.75) is 25.7 Å². The molecule has 0 saturated heterocycles. The molecule has 3 rings (SSSR count). The number of fused-ring (bicyclic) bond motifs is 3. The fourth-order valence-electron chi connectivity index (χ4n) is 2.48. The average Bonchev–Trinajstić information content (AvgIpc) is 2.80. The Hall–Kier alpha value is -1.80. The highest BCUT2D eigenvalue weighted by molar-refractivity contribution is 7.17. The molecule has 86 valence electrons. The van der Waals surface area contributed by atoms with E-state index in [1.54, 1.807) is 6.20 Å². The van der Waals surface area contributed by atoms with E-state index in [0.717, 1.165) is 23.2 Å². The molecule has 2 heterocycles. The molecule has 0 fully saturated rings. The molecule has 0 atom stereocenters. The molecule has 2 aromatic heterocycles. The summed E-state index contributed by atoms with van der Waals surface area (Å²) >= 11 is 1.53. The molecule has 0 radical (unpaired) electrons. The average molecular weight is 244 g/mol. The molecule has 1 aliphatic carbocycles. The van der Waals surface area contributed by atoms with E-state index >= 15 is 0 Å². The van der Waals surface area contributed by atoms with E-state index in [-0.39, 0.29) is 5.41 Å². The summed E-state index contributed by atoms with van der Waals surface area (Å²) in [5, 5.41) is 17.0. The number of nitrogens with one attached hydrogen (secondary N) is 1. The number of nitrogen functional groups attached to an aromatic ring is 1. The Bertz CT molecular complexity index is 642. The first-order chi connectivity index (χ1) is 8.04. The number of hydrogen-bond acceptors (Lipinski definition) is 4.